The van der Waals surface area contributed by atoms with E-state index in [0.717, 1.165) is 0 Å². The number of amides is 3. The monoisotopic (exact) mass is 496 g/mol. The molecule has 0 rings (SSSR count). The molecule has 0 aliphatic rings. The van der Waals surface area contributed by atoms with Gasteiger partial charge in [-0.1, -0.05) is 0 Å². The maximum absolute atomic E-state index is 12.7. The minimum Gasteiger partial charge on any atom is -0.481 e. The second-order valence-electron chi connectivity index (χ2n) is 6.81. The fourth-order valence-corrected chi connectivity index (χ4v) is 3.38. The summed E-state index contributed by atoms with van der Waals surface area (Å²) in [5, 5.41) is 34.3. The first-order valence-electron chi connectivity index (χ1n) is 9.77. The van der Waals surface area contributed by atoms with Crippen LogP contribution in [0, 0.1) is 0 Å². The van der Waals surface area contributed by atoms with Crippen LogP contribution >= 0.6 is 23.5 Å². The average Bonchev–Trinajstić information content (AvgIpc) is 2.74. The molecule has 0 aliphatic carbocycles. The van der Waals surface area contributed by atoms with E-state index in [2.05, 4.69) is 16.0 Å². The van der Waals surface area contributed by atoms with Crippen molar-refractivity contribution in [2.45, 2.75) is 49.9 Å². The van der Waals surface area contributed by atoms with E-state index in [1.54, 1.807) is 0 Å². The van der Waals surface area contributed by atoms with E-state index in [0.29, 0.717) is 17.9 Å². The molecule has 0 aliphatic heterocycles. The number of carbonyl (C=O) groups is 5. The van der Waals surface area contributed by atoms with E-state index >= 15 is 0 Å². The van der Waals surface area contributed by atoms with Crippen LogP contribution in [-0.4, -0.2) is 99.8 Å². The molecule has 0 aromatic rings. The van der Waals surface area contributed by atoms with Crippen LogP contribution in [0.5, 0.6) is 0 Å². The van der Waals surface area contributed by atoms with Crippen LogP contribution in [0.1, 0.15) is 25.7 Å². The van der Waals surface area contributed by atoms with Crippen molar-refractivity contribution in [2.75, 3.05) is 30.6 Å². The Labute approximate surface area is 194 Å². The van der Waals surface area contributed by atoms with Gasteiger partial charge in [-0.3, -0.25) is 19.2 Å². The molecule has 8 N–H and O–H groups in total. The number of thioether (sulfide) groups is 2. The molecular weight excluding hydrogens is 464 g/mol. The summed E-state index contributed by atoms with van der Waals surface area (Å²) in [5.41, 5.74) is 5.83. The van der Waals surface area contributed by atoms with Crippen molar-refractivity contribution in [3.8, 4) is 0 Å². The molecule has 0 radical (unpaired) electrons. The van der Waals surface area contributed by atoms with Gasteiger partial charge < -0.3 is 37.0 Å². The van der Waals surface area contributed by atoms with Gasteiger partial charge in [0.25, 0.3) is 0 Å². The third kappa shape index (κ3) is 12.1. The SMILES string of the molecule is CSCCC(N)C(=O)NC(CCSC)C(=O)NC(CO)C(=O)NC(CCC(=O)O)C(=O)O. The number of nitrogens with one attached hydrogen (secondary N) is 3. The Bertz CT molecular complexity index is 652. The molecule has 0 heterocycles. The number of carboxylic acid groups (broad SMARTS) is 2. The normalized spacial score (nSPS) is 14.5. The van der Waals surface area contributed by atoms with Crippen LogP contribution in [0.4, 0.5) is 0 Å². The van der Waals surface area contributed by atoms with Crippen LogP contribution in [0.3, 0.4) is 0 Å². The minimum atomic E-state index is -1.51. The van der Waals surface area contributed by atoms with E-state index in [-0.39, 0.29) is 12.8 Å². The van der Waals surface area contributed by atoms with E-state index in [1.807, 2.05) is 12.5 Å². The van der Waals surface area contributed by atoms with Crippen LogP contribution in [-0.2, 0) is 24.0 Å². The van der Waals surface area contributed by atoms with Crippen molar-refractivity contribution in [1.82, 2.24) is 16.0 Å². The molecule has 0 spiro atoms. The fraction of sp³-hybridized carbons (Fsp3) is 0.722. The summed E-state index contributed by atoms with van der Waals surface area (Å²) in [6.45, 7) is -0.834. The molecule has 14 heteroatoms. The molecule has 4 unspecified atom stereocenters. The van der Waals surface area contributed by atoms with E-state index in [4.69, 9.17) is 15.9 Å². The first-order valence-corrected chi connectivity index (χ1v) is 12.6. The Hall–Kier alpha value is -2.03. The first kappa shape index (κ1) is 30.0. The zero-order valence-corrected chi connectivity index (χ0v) is 19.7. The summed E-state index contributed by atoms with van der Waals surface area (Å²) >= 11 is 2.96. The highest BCUT2D eigenvalue weighted by Gasteiger charge is 2.30. The number of aliphatic hydroxyl groups is 1. The summed E-state index contributed by atoms with van der Waals surface area (Å²) in [4.78, 5) is 59.2. The van der Waals surface area contributed by atoms with Crippen LogP contribution in [0.15, 0.2) is 0 Å². The number of hydrogen-bond acceptors (Lipinski definition) is 9. The highest BCUT2D eigenvalue weighted by molar-refractivity contribution is 7.98. The van der Waals surface area contributed by atoms with Crippen molar-refractivity contribution in [1.29, 1.82) is 0 Å². The highest BCUT2D eigenvalue weighted by Crippen LogP contribution is 2.05. The second kappa shape index (κ2) is 16.6. The number of carbonyl (C=O) groups excluding carboxylic acids is 3. The molecule has 0 bridgehead atoms. The van der Waals surface area contributed by atoms with Crippen molar-refractivity contribution in [3.63, 3.8) is 0 Å². The lowest BCUT2D eigenvalue weighted by atomic mass is 10.1. The van der Waals surface area contributed by atoms with Gasteiger partial charge >= 0.3 is 11.9 Å². The lowest BCUT2D eigenvalue weighted by Crippen LogP contribution is -2.58. The van der Waals surface area contributed by atoms with Gasteiger partial charge in [0.1, 0.15) is 18.1 Å². The lowest BCUT2D eigenvalue weighted by Gasteiger charge is -2.24. The van der Waals surface area contributed by atoms with Gasteiger partial charge in [0.15, 0.2) is 0 Å². The van der Waals surface area contributed by atoms with Gasteiger partial charge in [0, 0.05) is 6.42 Å². The molecule has 0 saturated heterocycles. The zero-order valence-electron chi connectivity index (χ0n) is 18.0. The number of hydrogen-bond donors (Lipinski definition) is 7. The topological polar surface area (TPSA) is 208 Å². The van der Waals surface area contributed by atoms with E-state index < -0.39 is 66.9 Å². The van der Waals surface area contributed by atoms with Crippen LogP contribution in [0.25, 0.3) is 0 Å². The number of nitrogens with two attached hydrogens (primary N) is 1. The Morgan fingerprint density at radius 2 is 1.28 bits per heavy atom. The van der Waals surface area contributed by atoms with E-state index in [9.17, 15) is 29.1 Å². The minimum absolute atomic E-state index is 0.240. The number of aliphatic carboxylic acids is 2. The van der Waals surface area contributed by atoms with Crippen molar-refractivity contribution < 1.29 is 39.3 Å². The Morgan fingerprint density at radius 3 is 1.78 bits per heavy atom. The van der Waals surface area contributed by atoms with Gasteiger partial charge in [-0.15, -0.1) is 0 Å². The quantitative estimate of drug-likeness (QED) is 0.120. The lowest BCUT2D eigenvalue weighted by molar-refractivity contribution is -0.143. The standard InChI is InChI=1S/C18H32N4O8S2/c1-31-7-5-10(19)15(26)20-11(6-8-32-2)16(27)22-13(9-23)17(28)21-12(18(29)30)3-4-14(24)25/h10-13,23H,3-9,19H2,1-2H3,(H,20,26)(H,21,28)(H,22,27)(H,24,25)(H,29,30). The van der Waals surface area contributed by atoms with Crippen molar-refractivity contribution in [3.05, 3.63) is 0 Å². The third-order valence-corrected chi connectivity index (χ3v) is 5.58. The molecular formula is C18H32N4O8S2. The molecule has 3 amide bonds. The Kier molecular flexibility index (Phi) is 15.5. The molecule has 184 valence electrons. The second-order valence-corrected chi connectivity index (χ2v) is 8.78. The summed E-state index contributed by atoms with van der Waals surface area (Å²) in [6, 6.07) is -4.83. The summed E-state index contributed by atoms with van der Waals surface area (Å²) in [7, 11) is 0. The largest absolute Gasteiger partial charge is 0.481 e. The molecule has 0 aromatic heterocycles. The average molecular weight is 497 g/mol. The maximum atomic E-state index is 12.7. The fourth-order valence-electron chi connectivity index (χ4n) is 2.42. The van der Waals surface area contributed by atoms with Gasteiger partial charge in [-0.25, -0.2) is 4.79 Å². The first-order chi connectivity index (χ1) is 15.1. The molecule has 12 nitrogen and oxygen atoms in total. The molecule has 0 aromatic carbocycles. The zero-order chi connectivity index (χ0) is 24.7. The van der Waals surface area contributed by atoms with Gasteiger partial charge in [0.05, 0.1) is 12.6 Å². The summed E-state index contributed by atoms with van der Waals surface area (Å²) < 4.78 is 0. The Morgan fingerprint density at radius 1 is 0.781 bits per heavy atom. The molecule has 0 fully saturated rings. The maximum Gasteiger partial charge on any atom is 0.326 e. The molecule has 32 heavy (non-hydrogen) atoms. The van der Waals surface area contributed by atoms with Gasteiger partial charge in [0.2, 0.25) is 17.7 Å². The van der Waals surface area contributed by atoms with Gasteiger partial charge in [-0.05, 0) is 43.3 Å². The van der Waals surface area contributed by atoms with E-state index in [1.165, 1.54) is 23.5 Å². The van der Waals surface area contributed by atoms with Crippen LogP contribution < -0.4 is 21.7 Å². The predicted molar refractivity (Wildman–Crippen MR) is 121 cm³/mol. The van der Waals surface area contributed by atoms with Crippen molar-refractivity contribution in [2.24, 2.45) is 5.73 Å². The third-order valence-electron chi connectivity index (χ3n) is 4.29. The Balaban J connectivity index is 5.14. The van der Waals surface area contributed by atoms with Gasteiger partial charge in [-0.2, -0.15) is 23.5 Å². The number of rotatable bonds is 17. The molecule has 4 atom stereocenters. The molecule has 0 saturated carbocycles. The predicted octanol–water partition coefficient (Wildman–Crippen LogP) is -1.78. The number of aliphatic hydroxyl groups excluding tert-OH is 1. The smallest absolute Gasteiger partial charge is 0.326 e. The number of carboxylic acids is 2. The summed E-state index contributed by atoms with van der Waals surface area (Å²) in [6.07, 6.45) is 3.47. The van der Waals surface area contributed by atoms with Crippen molar-refractivity contribution >= 4 is 53.2 Å². The van der Waals surface area contributed by atoms with Crippen LogP contribution in [0.2, 0.25) is 0 Å². The highest BCUT2D eigenvalue weighted by atomic mass is 32.2. The summed E-state index contributed by atoms with van der Waals surface area (Å²) in [5.74, 6) is -3.76.